The van der Waals surface area contributed by atoms with Crippen LogP contribution in [0.15, 0.2) is 65.8 Å². The Morgan fingerprint density at radius 3 is 2.71 bits per heavy atom. The molecule has 0 bridgehead atoms. The van der Waals surface area contributed by atoms with E-state index in [0.29, 0.717) is 13.0 Å². The normalized spacial score (nSPS) is 17.6. The summed E-state index contributed by atoms with van der Waals surface area (Å²) >= 11 is 0. The predicted octanol–water partition coefficient (Wildman–Crippen LogP) is 4.46. The van der Waals surface area contributed by atoms with Crippen molar-refractivity contribution in [2.45, 2.75) is 32.7 Å². The van der Waals surface area contributed by atoms with E-state index >= 15 is 0 Å². The van der Waals surface area contributed by atoms with Crippen LogP contribution in [0, 0.1) is 11.2 Å². The Bertz CT molecular complexity index is 1360. The summed E-state index contributed by atoms with van der Waals surface area (Å²) < 4.78 is 42.7. The van der Waals surface area contributed by atoms with Crippen molar-refractivity contribution in [2.24, 2.45) is 0 Å². The summed E-state index contributed by atoms with van der Waals surface area (Å²) in [4.78, 5) is -0.0423. The standard InChI is InChI=1S/C25H28FN5O2S/c1-3-11-28-17-24(15-27)34(32,33)30-12-10-20(13-18(30)2)19-4-9-25-21(14-19)16-29-31(25)23-7-5-22(26)6-8-23/h4-10,14-18,27-28H,3,11-13H2,1-2H3/b24-17+,27-15?/t18-/m1/s1. The number of fused-ring (bicyclic) bond motifs is 1. The molecule has 2 aromatic carbocycles. The first-order valence-electron chi connectivity index (χ1n) is 11.2. The van der Waals surface area contributed by atoms with E-state index in [-0.39, 0.29) is 23.3 Å². The molecule has 1 aliphatic heterocycles. The average molecular weight is 482 g/mol. The van der Waals surface area contributed by atoms with Gasteiger partial charge < -0.3 is 10.7 Å². The molecule has 4 rings (SSSR count). The van der Waals surface area contributed by atoms with Gasteiger partial charge in [-0.15, -0.1) is 0 Å². The maximum absolute atomic E-state index is 13.3. The molecule has 0 saturated carbocycles. The largest absolute Gasteiger partial charge is 0.390 e. The van der Waals surface area contributed by atoms with Gasteiger partial charge in [0.15, 0.2) is 0 Å². The Labute approximate surface area is 199 Å². The second-order valence-corrected chi connectivity index (χ2v) is 10.2. The molecule has 0 amide bonds. The predicted molar refractivity (Wildman–Crippen MR) is 134 cm³/mol. The number of benzene rings is 2. The fraction of sp³-hybridized carbons (Fsp3) is 0.280. The fourth-order valence-corrected chi connectivity index (χ4v) is 5.59. The number of hydrogen-bond acceptors (Lipinski definition) is 5. The van der Waals surface area contributed by atoms with Crippen LogP contribution in [0.2, 0.25) is 0 Å². The Morgan fingerprint density at radius 2 is 2.03 bits per heavy atom. The molecule has 178 valence electrons. The lowest BCUT2D eigenvalue weighted by molar-refractivity contribution is 0.361. The summed E-state index contributed by atoms with van der Waals surface area (Å²) in [5.41, 5.74) is 3.77. The van der Waals surface area contributed by atoms with Gasteiger partial charge in [0.25, 0.3) is 0 Å². The monoisotopic (exact) mass is 481 g/mol. The lowest BCUT2D eigenvalue weighted by Gasteiger charge is -2.32. The number of rotatable bonds is 8. The topological polar surface area (TPSA) is 91.1 Å². The number of allylic oxidation sites excluding steroid dienone is 1. The second-order valence-electron chi connectivity index (χ2n) is 8.31. The SMILES string of the molecule is CCCN/C=C(\C=N)S(=O)(=O)N1CC=C(c2ccc3c(cnn3-c3ccc(F)cc3)c2)C[C@H]1C. The minimum atomic E-state index is -3.77. The molecule has 1 aromatic heterocycles. The molecule has 1 aliphatic rings. The molecule has 0 spiro atoms. The van der Waals surface area contributed by atoms with Gasteiger partial charge >= 0.3 is 0 Å². The Morgan fingerprint density at radius 1 is 1.26 bits per heavy atom. The molecule has 0 saturated heterocycles. The number of hydrogen-bond donors (Lipinski definition) is 2. The molecule has 1 atom stereocenters. The highest BCUT2D eigenvalue weighted by molar-refractivity contribution is 7.93. The van der Waals surface area contributed by atoms with Crippen LogP contribution in [-0.2, 0) is 10.0 Å². The molecule has 34 heavy (non-hydrogen) atoms. The zero-order valence-corrected chi connectivity index (χ0v) is 20.0. The van der Waals surface area contributed by atoms with E-state index in [0.717, 1.165) is 40.4 Å². The summed E-state index contributed by atoms with van der Waals surface area (Å²) in [6.45, 7) is 4.76. The summed E-state index contributed by atoms with van der Waals surface area (Å²) in [5.74, 6) is -0.294. The Hall–Kier alpha value is -3.30. The fourth-order valence-electron chi connectivity index (χ4n) is 4.12. The molecule has 3 aromatic rings. The van der Waals surface area contributed by atoms with Crippen LogP contribution in [0.5, 0.6) is 0 Å². The average Bonchev–Trinajstić information content (AvgIpc) is 3.25. The number of sulfonamides is 1. The van der Waals surface area contributed by atoms with Gasteiger partial charge in [-0.2, -0.15) is 9.40 Å². The summed E-state index contributed by atoms with van der Waals surface area (Å²) in [6.07, 6.45) is 7.42. The van der Waals surface area contributed by atoms with Gasteiger partial charge in [-0.25, -0.2) is 17.5 Å². The highest BCUT2D eigenvalue weighted by Crippen LogP contribution is 2.31. The van der Waals surface area contributed by atoms with E-state index in [1.165, 1.54) is 22.6 Å². The van der Waals surface area contributed by atoms with E-state index in [2.05, 4.69) is 10.4 Å². The molecule has 7 nitrogen and oxygen atoms in total. The van der Waals surface area contributed by atoms with E-state index < -0.39 is 10.0 Å². The molecule has 0 radical (unpaired) electrons. The number of nitrogens with one attached hydrogen (secondary N) is 2. The maximum atomic E-state index is 13.3. The first kappa shape index (κ1) is 23.8. The number of halogens is 1. The highest BCUT2D eigenvalue weighted by Gasteiger charge is 2.32. The molecule has 2 heterocycles. The van der Waals surface area contributed by atoms with Crippen LogP contribution >= 0.6 is 0 Å². The Balaban J connectivity index is 1.58. The number of nitrogens with zero attached hydrogens (tertiary/aromatic N) is 3. The van der Waals surface area contributed by atoms with Crippen molar-refractivity contribution in [2.75, 3.05) is 13.1 Å². The lowest BCUT2D eigenvalue weighted by Crippen LogP contribution is -2.42. The zero-order valence-electron chi connectivity index (χ0n) is 19.2. The third kappa shape index (κ3) is 4.67. The summed E-state index contributed by atoms with van der Waals surface area (Å²) in [6, 6.07) is 12.0. The van der Waals surface area contributed by atoms with Crippen LogP contribution in [0.1, 0.15) is 32.3 Å². The van der Waals surface area contributed by atoms with Gasteiger partial charge in [-0.05, 0) is 67.3 Å². The van der Waals surface area contributed by atoms with Crippen LogP contribution in [0.4, 0.5) is 4.39 Å². The quantitative estimate of drug-likeness (QED) is 0.367. The molecule has 9 heteroatoms. The van der Waals surface area contributed by atoms with Gasteiger partial charge in [0.1, 0.15) is 10.7 Å². The highest BCUT2D eigenvalue weighted by atomic mass is 32.2. The number of aromatic nitrogens is 2. The minimum Gasteiger partial charge on any atom is -0.390 e. The van der Waals surface area contributed by atoms with Crippen molar-refractivity contribution in [3.05, 3.63) is 77.2 Å². The van der Waals surface area contributed by atoms with Gasteiger partial charge in [0, 0.05) is 36.9 Å². The van der Waals surface area contributed by atoms with Crippen LogP contribution in [-0.4, -0.2) is 47.8 Å². The van der Waals surface area contributed by atoms with E-state index in [1.54, 1.807) is 23.0 Å². The molecular formula is C25H28FN5O2S. The molecule has 0 aliphatic carbocycles. The van der Waals surface area contributed by atoms with Crippen LogP contribution in [0.25, 0.3) is 22.2 Å². The van der Waals surface area contributed by atoms with Crippen LogP contribution < -0.4 is 5.32 Å². The lowest BCUT2D eigenvalue weighted by atomic mass is 9.95. The van der Waals surface area contributed by atoms with Gasteiger partial charge in [-0.3, -0.25) is 0 Å². The third-order valence-electron chi connectivity index (χ3n) is 5.92. The Kier molecular flexibility index (Phi) is 6.95. The summed E-state index contributed by atoms with van der Waals surface area (Å²) in [5, 5.41) is 15.9. The van der Waals surface area contributed by atoms with Crippen LogP contribution in [0.3, 0.4) is 0 Å². The van der Waals surface area contributed by atoms with Crippen molar-refractivity contribution in [3.8, 4) is 5.69 Å². The first-order valence-corrected chi connectivity index (χ1v) is 12.7. The van der Waals surface area contributed by atoms with Gasteiger partial charge in [0.05, 0.1) is 17.4 Å². The molecule has 0 unspecified atom stereocenters. The van der Waals surface area contributed by atoms with Gasteiger partial charge in [0.2, 0.25) is 10.0 Å². The molecule has 2 N–H and O–H groups in total. The maximum Gasteiger partial charge on any atom is 0.246 e. The zero-order chi connectivity index (χ0) is 24.3. The second kappa shape index (κ2) is 9.90. The summed E-state index contributed by atoms with van der Waals surface area (Å²) in [7, 11) is -3.77. The third-order valence-corrected chi connectivity index (χ3v) is 7.88. The van der Waals surface area contributed by atoms with Gasteiger partial charge in [-0.1, -0.05) is 19.1 Å². The van der Waals surface area contributed by atoms with E-state index in [1.807, 2.05) is 38.1 Å². The first-order chi connectivity index (χ1) is 16.3. The van der Waals surface area contributed by atoms with E-state index in [4.69, 9.17) is 5.41 Å². The smallest absolute Gasteiger partial charge is 0.246 e. The van der Waals surface area contributed by atoms with Crippen molar-refractivity contribution in [1.29, 1.82) is 5.41 Å². The van der Waals surface area contributed by atoms with Crippen molar-refractivity contribution >= 4 is 32.7 Å². The van der Waals surface area contributed by atoms with E-state index in [9.17, 15) is 12.8 Å². The van der Waals surface area contributed by atoms with Crippen molar-refractivity contribution in [3.63, 3.8) is 0 Å². The molecular weight excluding hydrogens is 453 g/mol. The molecule has 0 fully saturated rings. The van der Waals surface area contributed by atoms with Crippen molar-refractivity contribution < 1.29 is 12.8 Å². The van der Waals surface area contributed by atoms with Crippen molar-refractivity contribution in [1.82, 2.24) is 19.4 Å². The minimum absolute atomic E-state index is 0.0423.